The van der Waals surface area contributed by atoms with Crippen molar-refractivity contribution >= 4 is 7.91 Å². The molecule has 0 radical (unpaired) electrons. The van der Waals surface area contributed by atoms with Crippen LogP contribution in [0.5, 0.6) is 0 Å². The summed E-state index contributed by atoms with van der Waals surface area (Å²) >= 11 is 0. The maximum atomic E-state index is 12.0. The molecule has 0 amide bonds. The van der Waals surface area contributed by atoms with E-state index >= 15 is 0 Å². The SMILES string of the molecule is CCCCC(C)OP(=O)(O)F. The van der Waals surface area contributed by atoms with Crippen molar-refractivity contribution in [1.29, 1.82) is 0 Å². The van der Waals surface area contributed by atoms with Crippen LogP contribution in [0.1, 0.15) is 33.1 Å². The zero-order chi connectivity index (χ0) is 8.91. The highest BCUT2D eigenvalue weighted by Gasteiger charge is 2.20. The van der Waals surface area contributed by atoms with E-state index < -0.39 is 14.0 Å². The van der Waals surface area contributed by atoms with E-state index in [0.717, 1.165) is 12.8 Å². The molecule has 2 unspecified atom stereocenters. The van der Waals surface area contributed by atoms with Crippen molar-refractivity contribution in [3.8, 4) is 0 Å². The second-order valence-corrected chi connectivity index (χ2v) is 3.62. The van der Waals surface area contributed by atoms with E-state index in [4.69, 9.17) is 4.89 Å². The first kappa shape index (κ1) is 11.1. The molecule has 0 saturated carbocycles. The highest BCUT2D eigenvalue weighted by atomic mass is 31.2. The largest absolute Gasteiger partial charge is 0.510 e. The summed E-state index contributed by atoms with van der Waals surface area (Å²) in [6.45, 7) is 3.57. The van der Waals surface area contributed by atoms with E-state index in [-0.39, 0.29) is 0 Å². The molecule has 0 aromatic rings. The van der Waals surface area contributed by atoms with E-state index in [1.807, 2.05) is 6.92 Å². The molecule has 0 spiro atoms. The summed E-state index contributed by atoms with van der Waals surface area (Å²) in [5.41, 5.74) is 0. The Morgan fingerprint density at radius 3 is 2.64 bits per heavy atom. The predicted molar refractivity (Wildman–Crippen MR) is 41.0 cm³/mol. The van der Waals surface area contributed by atoms with Crippen LogP contribution in [0.2, 0.25) is 0 Å². The summed E-state index contributed by atoms with van der Waals surface area (Å²) in [5.74, 6) is 0. The quantitative estimate of drug-likeness (QED) is 0.668. The van der Waals surface area contributed by atoms with Gasteiger partial charge in [-0.15, -0.1) is 4.20 Å². The maximum absolute atomic E-state index is 12.0. The molecule has 2 atom stereocenters. The average molecular weight is 184 g/mol. The van der Waals surface area contributed by atoms with Gasteiger partial charge >= 0.3 is 7.91 Å². The molecular formula is C6H14FO3P. The van der Waals surface area contributed by atoms with Gasteiger partial charge in [0.25, 0.3) is 0 Å². The summed E-state index contributed by atoms with van der Waals surface area (Å²) in [6, 6.07) is 0. The van der Waals surface area contributed by atoms with Gasteiger partial charge in [-0.25, -0.2) is 4.57 Å². The lowest BCUT2D eigenvalue weighted by atomic mass is 10.2. The Hall–Kier alpha value is 0.0800. The molecule has 0 fully saturated rings. The van der Waals surface area contributed by atoms with Crippen LogP contribution >= 0.6 is 7.91 Å². The minimum Gasteiger partial charge on any atom is -0.299 e. The van der Waals surface area contributed by atoms with Crippen molar-refractivity contribution in [2.24, 2.45) is 0 Å². The van der Waals surface area contributed by atoms with Crippen LogP contribution in [0.4, 0.5) is 4.20 Å². The number of halogens is 1. The Labute approximate surface area is 66.2 Å². The van der Waals surface area contributed by atoms with Crippen LogP contribution in [0.25, 0.3) is 0 Å². The summed E-state index contributed by atoms with van der Waals surface area (Å²) in [5, 5.41) is 0. The third-order valence-corrected chi connectivity index (χ3v) is 1.89. The van der Waals surface area contributed by atoms with Gasteiger partial charge in [0.15, 0.2) is 0 Å². The van der Waals surface area contributed by atoms with Crippen molar-refractivity contribution in [3.05, 3.63) is 0 Å². The molecule has 11 heavy (non-hydrogen) atoms. The molecule has 0 aromatic carbocycles. The molecule has 1 N–H and O–H groups in total. The van der Waals surface area contributed by atoms with Gasteiger partial charge in [0.1, 0.15) is 0 Å². The van der Waals surface area contributed by atoms with E-state index in [2.05, 4.69) is 4.52 Å². The second kappa shape index (κ2) is 4.86. The maximum Gasteiger partial charge on any atom is 0.510 e. The Morgan fingerprint density at radius 1 is 1.73 bits per heavy atom. The van der Waals surface area contributed by atoms with E-state index in [0.29, 0.717) is 6.42 Å². The zero-order valence-corrected chi connectivity index (χ0v) is 7.68. The summed E-state index contributed by atoms with van der Waals surface area (Å²) in [4.78, 5) is 8.15. The molecular weight excluding hydrogens is 170 g/mol. The molecule has 0 aliphatic heterocycles. The number of unbranched alkanes of at least 4 members (excludes halogenated alkanes) is 1. The van der Waals surface area contributed by atoms with Crippen LogP contribution in [0.15, 0.2) is 0 Å². The summed E-state index contributed by atoms with van der Waals surface area (Å²) < 4.78 is 26.2. The van der Waals surface area contributed by atoms with Crippen LogP contribution in [-0.2, 0) is 9.09 Å². The highest BCUT2D eigenvalue weighted by molar-refractivity contribution is 7.46. The van der Waals surface area contributed by atoms with E-state index in [1.54, 1.807) is 6.92 Å². The Morgan fingerprint density at radius 2 is 2.27 bits per heavy atom. The van der Waals surface area contributed by atoms with Gasteiger partial charge < -0.3 is 0 Å². The van der Waals surface area contributed by atoms with E-state index in [9.17, 15) is 8.76 Å². The number of hydrogen-bond donors (Lipinski definition) is 1. The van der Waals surface area contributed by atoms with Crippen molar-refractivity contribution in [3.63, 3.8) is 0 Å². The normalized spacial score (nSPS) is 19.3. The average Bonchev–Trinajstić information content (AvgIpc) is 1.79. The molecule has 68 valence electrons. The second-order valence-electron chi connectivity index (χ2n) is 2.51. The fourth-order valence-corrected chi connectivity index (χ4v) is 1.32. The number of hydrogen-bond acceptors (Lipinski definition) is 2. The van der Waals surface area contributed by atoms with Gasteiger partial charge in [-0.2, -0.15) is 0 Å². The lowest BCUT2D eigenvalue weighted by Gasteiger charge is -2.10. The number of rotatable bonds is 5. The van der Waals surface area contributed by atoms with Crippen molar-refractivity contribution in [2.75, 3.05) is 0 Å². The van der Waals surface area contributed by atoms with Crippen LogP contribution < -0.4 is 0 Å². The van der Waals surface area contributed by atoms with Crippen molar-refractivity contribution in [2.45, 2.75) is 39.2 Å². The third-order valence-electron chi connectivity index (χ3n) is 1.27. The minimum absolute atomic E-state index is 0.476. The molecule has 0 aliphatic rings. The fraction of sp³-hybridized carbons (Fsp3) is 1.00. The van der Waals surface area contributed by atoms with Crippen LogP contribution in [-0.4, -0.2) is 11.0 Å². The molecule has 0 saturated heterocycles. The Balaban J connectivity index is 3.52. The lowest BCUT2D eigenvalue weighted by Crippen LogP contribution is -2.04. The van der Waals surface area contributed by atoms with Gasteiger partial charge in [0.05, 0.1) is 6.10 Å². The van der Waals surface area contributed by atoms with Crippen molar-refractivity contribution in [1.82, 2.24) is 0 Å². The van der Waals surface area contributed by atoms with E-state index in [1.165, 1.54) is 0 Å². The Bertz CT molecular complexity index is 145. The third kappa shape index (κ3) is 7.98. The first-order valence-corrected chi connectivity index (χ1v) is 5.13. The molecule has 0 bridgehead atoms. The molecule has 3 nitrogen and oxygen atoms in total. The topological polar surface area (TPSA) is 46.5 Å². The molecule has 0 heterocycles. The van der Waals surface area contributed by atoms with Crippen LogP contribution in [0, 0.1) is 0 Å². The fourth-order valence-electron chi connectivity index (χ4n) is 0.766. The molecule has 0 aromatic heterocycles. The zero-order valence-electron chi connectivity index (χ0n) is 6.79. The summed E-state index contributed by atoms with van der Waals surface area (Å²) in [7, 11) is -4.76. The smallest absolute Gasteiger partial charge is 0.299 e. The standard InChI is InChI=1S/C6H14FO3P/c1-3-4-5-6(2)10-11(7,8)9/h6H,3-5H2,1-2H3,(H,8,9). The highest BCUT2D eigenvalue weighted by Crippen LogP contribution is 2.45. The van der Waals surface area contributed by atoms with Crippen LogP contribution in [0.3, 0.4) is 0 Å². The van der Waals surface area contributed by atoms with Gasteiger partial charge in [-0.1, -0.05) is 19.8 Å². The van der Waals surface area contributed by atoms with Gasteiger partial charge in [-0.3, -0.25) is 9.42 Å². The first-order chi connectivity index (χ1) is 4.95. The molecule has 5 heteroatoms. The minimum atomic E-state index is -4.76. The summed E-state index contributed by atoms with van der Waals surface area (Å²) in [6.07, 6.45) is 1.98. The van der Waals surface area contributed by atoms with Gasteiger partial charge in [-0.05, 0) is 13.3 Å². The van der Waals surface area contributed by atoms with Gasteiger partial charge in [0, 0.05) is 0 Å². The van der Waals surface area contributed by atoms with Crippen molar-refractivity contribution < 1.29 is 18.2 Å². The lowest BCUT2D eigenvalue weighted by molar-refractivity contribution is 0.156. The Kier molecular flexibility index (Phi) is 4.89. The molecule has 0 aliphatic carbocycles. The first-order valence-electron chi connectivity index (χ1n) is 3.66. The molecule has 0 rings (SSSR count). The monoisotopic (exact) mass is 184 g/mol. The predicted octanol–water partition coefficient (Wildman–Crippen LogP) is 2.65. The van der Waals surface area contributed by atoms with Gasteiger partial charge in [0.2, 0.25) is 0 Å².